The van der Waals surface area contributed by atoms with Gasteiger partial charge in [0.25, 0.3) is 0 Å². The molecule has 0 spiro atoms. The van der Waals surface area contributed by atoms with Gasteiger partial charge in [0.05, 0.1) is 26.4 Å². The Bertz CT molecular complexity index is 1980. The van der Waals surface area contributed by atoms with Crippen molar-refractivity contribution < 1.29 is 80.2 Å². The molecule has 104 heavy (non-hydrogen) atoms. The van der Waals surface area contributed by atoms with Crippen molar-refractivity contribution in [1.82, 2.24) is 0 Å². The summed E-state index contributed by atoms with van der Waals surface area (Å²) in [4.78, 5) is 73.1. The fraction of sp³-hybridized carbons (Fsp3) is 0.953. The van der Waals surface area contributed by atoms with Gasteiger partial charge in [0.15, 0.2) is 12.2 Å². The zero-order chi connectivity index (χ0) is 76.2. The van der Waals surface area contributed by atoms with Crippen LogP contribution < -0.4 is 0 Å². The van der Waals surface area contributed by atoms with Gasteiger partial charge in [-0.25, -0.2) is 9.13 Å². The molecular formula is C85H166O17P2. The molecule has 0 saturated carbocycles. The molecule has 17 nitrogen and oxygen atoms in total. The monoisotopic (exact) mass is 1520 g/mol. The second-order valence-corrected chi connectivity index (χ2v) is 34.0. The minimum Gasteiger partial charge on any atom is -0.462 e. The Balaban J connectivity index is 5.18. The average molecular weight is 1520 g/mol. The van der Waals surface area contributed by atoms with Crippen LogP contribution in [0.25, 0.3) is 0 Å². The molecule has 0 rings (SSSR count). The quantitative estimate of drug-likeness (QED) is 0.0222. The van der Waals surface area contributed by atoms with Crippen molar-refractivity contribution in [2.45, 2.75) is 477 Å². The number of ether oxygens (including phenoxy) is 4. The van der Waals surface area contributed by atoms with Gasteiger partial charge in [-0.15, -0.1) is 0 Å². The lowest BCUT2D eigenvalue weighted by Crippen LogP contribution is -2.30. The molecule has 0 aliphatic rings. The van der Waals surface area contributed by atoms with Gasteiger partial charge in [-0.1, -0.05) is 407 Å². The molecule has 0 heterocycles. The lowest BCUT2D eigenvalue weighted by molar-refractivity contribution is -0.161. The Morgan fingerprint density at radius 3 is 0.654 bits per heavy atom. The van der Waals surface area contributed by atoms with Crippen molar-refractivity contribution in [3.63, 3.8) is 0 Å². The topological polar surface area (TPSA) is 237 Å². The molecule has 618 valence electrons. The first-order valence-corrected chi connectivity index (χ1v) is 47.1. The molecule has 0 radical (unpaired) electrons. The number of phosphoric ester groups is 2. The molecule has 0 bridgehead atoms. The van der Waals surface area contributed by atoms with E-state index in [0.717, 1.165) is 95.8 Å². The molecule has 0 aliphatic carbocycles. The first kappa shape index (κ1) is 102. The fourth-order valence-electron chi connectivity index (χ4n) is 13.3. The lowest BCUT2D eigenvalue weighted by Gasteiger charge is -2.21. The van der Waals surface area contributed by atoms with Gasteiger partial charge in [0.2, 0.25) is 0 Å². The van der Waals surface area contributed by atoms with E-state index in [2.05, 4.69) is 34.6 Å². The predicted molar refractivity (Wildman–Crippen MR) is 428 cm³/mol. The lowest BCUT2D eigenvalue weighted by atomic mass is 10.0. The van der Waals surface area contributed by atoms with Crippen LogP contribution in [0.1, 0.15) is 458 Å². The standard InChI is InChI=1S/C85H166O17P2/c1-6-9-12-15-18-21-23-25-27-29-31-32-34-38-43-47-51-56-61-66-71-85(90)102-81(75-96-83(88)69-64-59-54-49-45-41-39-35-36-40-44-48-52-57-62-67-78(4)5)77-100-104(93,94)98-73-79(86)72-97-103(91,92)99-76-80(74-95-82(87)68-63-58-53-20-17-14-11-8-3)101-84(89)70-65-60-55-50-46-42-37-33-30-28-26-24-22-19-16-13-10-7-2/h78-81,86H,6-77H2,1-5H3,(H,91,92)(H,93,94)/t79-,80+,81+/m0/s1. The molecule has 0 aromatic heterocycles. The van der Waals surface area contributed by atoms with Crippen molar-refractivity contribution in [1.29, 1.82) is 0 Å². The Morgan fingerprint density at radius 1 is 0.260 bits per heavy atom. The van der Waals surface area contributed by atoms with E-state index in [1.807, 2.05) is 0 Å². The molecule has 3 N–H and O–H groups in total. The smallest absolute Gasteiger partial charge is 0.462 e. The van der Waals surface area contributed by atoms with E-state index < -0.39 is 97.5 Å². The van der Waals surface area contributed by atoms with Crippen LogP contribution in [-0.2, 0) is 65.4 Å². The summed E-state index contributed by atoms with van der Waals surface area (Å²) >= 11 is 0. The Kier molecular flexibility index (Phi) is 76.3. The van der Waals surface area contributed by atoms with Crippen molar-refractivity contribution in [2.24, 2.45) is 5.92 Å². The van der Waals surface area contributed by atoms with Crippen molar-refractivity contribution in [2.75, 3.05) is 39.6 Å². The second-order valence-electron chi connectivity index (χ2n) is 31.1. The van der Waals surface area contributed by atoms with Crippen LogP contribution in [-0.4, -0.2) is 96.7 Å². The van der Waals surface area contributed by atoms with E-state index in [1.54, 1.807) is 0 Å². The number of phosphoric acid groups is 2. The van der Waals surface area contributed by atoms with Gasteiger partial charge in [-0.2, -0.15) is 0 Å². The summed E-state index contributed by atoms with van der Waals surface area (Å²) in [7, 11) is -9.92. The summed E-state index contributed by atoms with van der Waals surface area (Å²) in [6, 6.07) is 0. The number of hydrogen-bond acceptors (Lipinski definition) is 15. The SMILES string of the molecule is CCCCCCCCCCCCCCCCCCCCCCC(=O)O[C@H](COC(=O)CCCCCCCCCCCCCCCCCC(C)C)COP(=O)(O)OC[C@@H](O)COP(=O)(O)OC[C@@H](COC(=O)CCCCCCCCCC)OC(=O)CCCCCCCCCCCCCCCCCCCC. The number of rotatable bonds is 85. The van der Waals surface area contributed by atoms with E-state index in [9.17, 15) is 43.2 Å². The molecule has 0 saturated heterocycles. The third-order valence-corrected chi connectivity index (χ3v) is 21.9. The van der Waals surface area contributed by atoms with Crippen LogP contribution in [0.2, 0.25) is 0 Å². The number of carbonyl (C=O) groups excluding carboxylic acids is 4. The van der Waals surface area contributed by atoms with Gasteiger partial charge in [0, 0.05) is 25.7 Å². The molecule has 2 unspecified atom stereocenters. The molecule has 0 aliphatic heterocycles. The summed E-state index contributed by atoms with van der Waals surface area (Å²) in [5, 5.41) is 10.7. The molecule has 0 aromatic rings. The number of hydrogen-bond donors (Lipinski definition) is 3. The third kappa shape index (κ3) is 78.2. The highest BCUT2D eigenvalue weighted by molar-refractivity contribution is 7.47. The number of esters is 4. The van der Waals surface area contributed by atoms with Crippen LogP contribution in [0.5, 0.6) is 0 Å². The Morgan fingerprint density at radius 2 is 0.442 bits per heavy atom. The highest BCUT2D eigenvalue weighted by Gasteiger charge is 2.30. The van der Waals surface area contributed by atoms with E-state index in [1.165, 1.54) is 283 Å². The van der Waals surface area contributed by atoms with Gasteiger partial charge in [-0.3, -0.25) is 37.3 Å². The van der Waals surface area contributed by atoms with Crippen LogP contribution in [0.4, 0.5) is 0 Å². The first-order chi connectivity index (χ1) is 50.5. The van der Waals surface area contributed by atoms with Crippen molar-refractivity contribution in [3.05, 3.63) is 0 Å². The number of unbranched alkanes of at least 4 members (excludes halogenated alkanes) is 57. The number of carbonyl (C=O) groups is 4. The van der Waals surface area contributed by atoms with Gasteiger partial charge in [0.1, 0.15) is 19.3 Å². The van der Waals surface area contributed by atoms with Crippen molar-refractivity contribution >= 4 is 39.5 Å². The van der Waals surface area contributed by atoms with Crippen LogP contribution in [0, 0.1) is 5.92 Å². The average Bonchev–Trinajstić information content (AvgIpc) is 0.936. The minimum absolute atomic E-state index is 0.109. The second kappa shape index (κ2) is 77.8. The minimum atomic E-state index is -4.96. The van der Waals surface area contributed by atoms with Gasteiger partial charge in [-0.05, 0) is 31.6 Å². The van der Waals surface area contributed by atoms with E-state index in [0.29, 0.717) is 25.7 Å². The maximum Gasteiger partial charge on any atom is 0.472 e. The van der Waals surface area contributed by atoms with E-state index in [4.69, 9.17) is 37.0 Å². The molecule has 19 heteroatoms. The molecule has 0 fully saturated rings. The molecule has 5 atom stereocenters. The highest BCUT2D eigenvalue weighted by Crippen LogP contribution is 2.45. The predicted octanol–water partition coefficient (Wildman–Crippen LogP) is 26.0. The zero-order valence-corrected chi connectivity index (χ0v) is 70.0. The fourth-order valence-corrected chi connectivity index (χ4v) is 14.9. The van der Waals surface area contributed by atoms with Crippen LogP contribution in [0.15, 0.2) is 0 Å². The Labute approximate surface area is 638 Å². The highest BCUT2D eigenvalue weighted by atomic mass is 31.2. The van der Waals surface area contributed by atoms with Crippen LogP contribution in [0.3, 0.4) is 0 Å². The zero-order valence-electron chi connectivity index (χ0n) is 68.2. The summed E-state index contributed by atoms with van der Waals surface area (Å²) in [6.07, 6.45) is 70.9. The van der Waals surface area contributed by atoms with Crippen molar-refractivity contribution in [3.8, 4) is 0 Å². The van der Waals surface area contributed by atoms with Gasteiger partial charge < -0.3 is 33.8 Å². The molecule has 0 amide bonds. The van der Waals surface area contributed by atoms with E-state index >= 15 is 0 Å². The third-order valence-electron chi connectivity index (χ3n) is 20.0. The number of aliphatic hydroxyl groups is 1. The normalized spacial score (nSPS) is 13.8. The van der Waals surface area contributed by atoms with E-state index in [-0.39, 0.29) is 25.7 Å². The summed E-state index contributed by atoms with van der Waals surface area (Å²) < 4.78 is 68.8. The first-order valence-electron chi connectivity index (χ1n) is 44.1. The maximum atomic E-state index is 13.1. The summed E-state index contributed by atoms with van der Waals surface area (Å²) in [5.41, 5.74) is 0. The van der Waals surface area contributed by atoms with Gasteiger partial charge >= 0.3 is 39.5 Å². The largest absolute Gasteiger partial charge is 0.472 e. The molecular weight excluding hydrogens is 1350 g/mol. The summed E-state index contributed by atoms with van der Waals surface area (Å²) in [5.74, 6) is -1.30. The maximum absolute atomic E-state index is 13.1. The van der Waals surface area contributed by atoms with Crippen LogP contribution >= 0.6 is 15.6 Å². The summed E-state index contributed by atoms with van der Waals surface area (Å²) in [6.45, 7) is 7.36. The Hall–Kier alpha value is -1.94. The molecule has 0 aromatic carbocycles. The number of aliphatic hydroxyl groups excluding tert-OH is 1.